The number of nitrogens with one attached hydrogen (secondary N) is 1. The fourth-order valence-corrected chi connectivity index (χ4v) is 6.30. The minimum absolute atomic E-state index is 0.0216. The van der Waals surface area contributed by atoms with Crippen molar-refractivity contribution in [3.8, 4) is 0 Å². The van der Waals surface area contributed by atoms with E-state index in [1.165, 1.54) is 24.3 Å². The summed E-state index contributed by atoms with van der Waals surface area (Å²) in [5.41, 5.74) is 0.507. The number of rotatable bonds is 4. The Morgan fingerprint density at radius 2 is 1.50 bits per heavy atom. The molecule has 158 valence electrons. The van der Waals surface area contributed by atoms with Crippen LogP contribution in [0.15, 0.2) is 24.3 Å². The van der Waals surface area contributed by atoms with E-state index in [-0.39, 0.29) is 47.2 Å². The maximum absolute atomic E-state index is 13.0. The number of nitro groups is 1. The zero-order chi connectivity index (χ0) is 21.0. The number of likely N-dealkylation sites (tertiary alicyclic amines) is 1. The molecule has 1 saturated heterocycles. The van der Waals surface area contributed by atoms with Crippen LogP contribution in [-0.2, 0) is 14.4 Å². The molecule has 0 radical (unpaired) electrons. The summed E-state index contributed by atoms with van der Waals surface area (Å²) in [5, 5.41) is 13.6. The second-order valence-corrected chi connectivity index (χ2v) is 9.23. The van der Waals surface area contributed by atoms with E-state index in [0.717, 1.165) is 19.3 Å². The quantitative estimate of drug-likeness (QED) is 0.465. The van der Waals surface area contributed by atoms with Gasteiger partial charge in [0.15, 0.2) is 0 Å². The fraction of sp³-hybridized carbons (Fsp3) is 0.591. The average molecular weight is 411 g/mol. The van der Waals surface area contributed by atoms with Gasteiger partial charge in [0.05, 0.1) is 16.8 Å². The number of carbonyl (C=O) groups excluding carboxylic acids is 3. The van der Waals surface area contributed by atoms with Gasteiger partial charge in [0.2, 0.25) is 17.7 Å². The summed E-state index contributed by atoms with van der Waals surface area (Å²) < 4.78 is 0. The Hall–Kier alpha value is -2.77. The summed E-state index contributed by atoms with van der Waals surface area (Å²) in [7, 11) is 0. The average Bonchev–Trinajstić information content (AvgIpc) is 3.42. The van der Waals surface area contributed by atoms with E-state index in [4.69, 9.17) is 0 Å². The maximum Gasteiger partial charge on any atom is 0.269 e. The first kappa shape index (κ1) is 19.2. The van der Waals surface area contributed by atoms with Crippen molar-refractivity contribution in [2.45, 2.75) is 51.0 Å². The number of carbonyl (C=O) groups is 3. The van der Waals surface area contributed by atoms with Crippen molar-refractivity contribution in [1.82, 2.24) is 4.90 Å². The van der Waals surface area contributed by atoms with Crippen LogP contribution in [0, 0.1) is 39.7 Å². The number of nitro benzene ring substituents is 1. The van der Waals surface area contributed by atoms with E-state index < -0.39 is 4.92 Å². The number of imide groups is 1. The van der Waals surface area contributed by atoms with Crippen LogP contribution >= 0.6 is 0 Å². The van der Waals surface area contributed by atoms with Gasteiger partial charge in [-0.2, -0.15) is 0 Å². The summed E-state index contributed by atoms with van der Waals surface area (Å²) >= 11 is 0. The molecule has 4 atom stereocenters. The van der Waals surface area contributed by atoms with E-state index in [1.54, 1.807) is 4.90 Å². The highest BCUT2D eigenvalue weighted by Crippen LogP contribution is 2.56. The lowest BCUT2D eigenvalue weighted by atomic mass is 9.81. The lowest BCUT2D eigenvalue weighted by Crippen LogP contribution is -2.44. The fourth-order valence-electron chi connectivity index (χ4n) is 6.30. The van der Waals surface area contributed by atoms with Gasteiger partial charge in [-0.1, -0.05) is 0 Å². The molecule has 5 rings (SSSR count). The number of benzene rings is 1. The first-order chi connectivity index (χ1) is 14.4. The Kier molecular flexibility index (Phi) is 4.60. The van der Waals surface area contributed by atoms with Gasteiger partial charge in [-0.25, -0.2) is 0 Å². The number of anilines is 1. The second kappa shape index (κ2) is 7.18. The van der Waals surface area contributed by atoms with Gasteiger partial charge < -0.3 is 5.32 Å². The highest BCUT2D eigenvalue weighted by molar-refractivity contribution is 6.06. The summed E-state index contributed by atoms with van der Waals surface area (Å²) in [4.78, 5) is 50.4. The maximum atomic E-state index is 13.0. The Labute approximate surface area is 174 Å². The molecule has 4 fully saturated rings. The molecule has 8 nitrogen and oxygen atoms in total. The van der Waals surface area contributed by atoms with Crippen molar-refractivity contribution < 1.29 is 19.3 Å². The number of hydrogen-bond acceptors (Lipinski definition) is 5. The summed E-state index contributed by atoms with van der Waals surface area (Å²) in [6.45, 7) is 0. The van der Waals surface area contributed by atoms with Crippen LogP contribution in [0.1, 0.15) is 44.9 Å². The number of fused-ring (bicyclic) bond motifs is 5. The van der Waals surface area contributed by atoms with Crippen molar-refractivity contribution in [1.29, 1.82) is 0 Å². The van der Waals surface area contributed by atoms with Crippen molar-refractivity contribution in [3.63, 3.8) is 0 Å². The highest BCUT2D eigenvalue weighted by Gasteiger charge is 2.61. The summed E-state index contributed by atoms with van der Waals surface area (Å²) in [5.74, 6) is 0.400. The van der Waals surface area contributed by atoms with Crippen molar-refractivity contribution in [3.05, 3.63) is 34.4 Å². The number of hydrogen-bond donors (Lipinski definition) is 1. The molecule has 30 heavy (non-hydrogen) atoms. The van der Waals surface area contributed by atoms with Gasteiger partial charge in [-0.15, -0.1) is 0 Å². The Morgan fingerprint density at radius 3 is 2.03 bits per heavy atom. The smallest absolute Gasteiger partial charge is 0.269 e. The van der Waals surface area contributed by atoms with Gasteiger partial charge in [-0.3, -0.25) is 29.4 Å². The summed E-state index contributed by atoms with van der Waals surface area (Å²) in [6, 6.07) is 5.69. The highest BCUT2D eigenvalue weighted by atomic mass is 16.6. The normalized spacial score (nSPS) is 34.9. The molecule has 1 aliphatic heterocycles. The molecule has 1 N–H and O–H groups in total. The lowest BCUT2D eigenvalue weighted by molar-refractivity contribution is -0.384. The predicted octanol–water partition coefficient (Wildman–Crippen LogP) is 3.12. The SMILES string of the molecule is O=C(Nc1ccc([N+](=O)[O-])cc1)C1CCC(N2C(=O)[C@@H]3[C@H]4CC[C@@H](C4)[C@H]3C2=O)CC1. The largest absolute Gasteiger partial charge is 0.326 e. The zero-order valence-electron chi connectivity index (χ0n) is 16.7. The molecule has 0 aromatic heterocycles. The van der Waals surface area contributed by atoms with Crippen LogP contribution in [0.2, 0.25) is 0 Å². The minimum atomic E-state index is -0.479. The minimum Gasteiger partial charge on any atom is -0.326 e. The van der Waals surface area contributed by atoms with E-state index in [2.05, 4.69) is 5.32 Å². The standard InChI is InChI=1S/C22H25N3O5/c26-20(23-15-5-9-17(10-6-15)25(29)30)12-3-7-16(8-4-12)24-21(27)18-13-1-2-14(11-13)19(18)22(24)28/h5-6,9-10,12-14,16,18-19H,1-4,7-8,11H2,(H,23,26)/t12?,13-,14-,16?,18+,19+/m0/s1. The van der Waals surface area contributed by atoms with Crippen LogP contribution in [0.3, 0.4) is 0 Å². The number of non-ortho nitro benzene ring substituents is 1. The van der Waals surface area contributed by atoms with Gasteiger partial charge in [0, 0.05) is 29.8 Å². The van der Waals surface area contributed by atoms with E-state index in [0.29, 0.717) is 43.2 Å². The van der Waals surface area contributed by atoms with Crippen LogP contribution < -0.4 is 5.32 Å². The Morgan fingerprint density at radius 1 is 0.933 bits per heavy atom. The third kappa shape index (κ3) is 3.00. The third-order valence-electron chi connectivity index (χ3n) is 7.74. The Bertz CT molecular complexity index is 878. The molecule has 2 bridgehead atoms. The van der Waals surface area contributed by atoms with Gasteiger partial charge in [-0.05, 0) is 68.9 Å². The molecular weight excluding hydrogens is 386 g/mol. The van der Waals surface area contributed by atoms with Crippen molar-refractivity contribution in [2.75, 3.05) is 5.32 Å². The third-order valence-corrected chi connectivity index (χ3v) is 7.74. The van der Waals surface area contributed by atoms with Crippen LogP contribution in [0.25, 0.3) is 0 Å². The number of amides is 3. The van der Waals surface area contributed by atoms with E-state index >= 15 is 0 Å². The van der Waals surface area contributed by atoms with Crippen LogP contribution in [0.4, 0.5) is 11.4 Å². The monoisotopic (exact) mass is 411 g/mol. The molecule has 0 spiro atoms. The molecular formula is C22H25N3O5. The zero-order valence-corrected chi connectivity index (χ0v) is 16.7. The molecule has 1 heterocycles. The molecule has 4 aliphatic rings. The molecule has 3 amide bonds. The summed E-state index contributed by atoms with van der Waals surface area (Å²) in [6.07, 6.45) is 5.76. The Balaban J connectivity index is 1.18. The topological polar surface area (TPSA) is 110 Å². The number of nitrogens with zero attached hydrogens (tertiary/aromatic N) is 2. The first-order valence-corrected chi connectivity index (χ1v) is 10.9. The second-order valence-electron chi connectivity index (χ2n) is 9.23. The van der Waals surface area contributed by atoms with E-state index in [9.17, 15) is 24.5 Å². The molecule has 1 aromatic rings. The van der Waals surface area contributed by atoms with Gasteiger partial charge in [0.25, 0.3) is 5.69 Å². The van der Waals surface area contributed by atoms with Gasteiger partial charge >= 0.3 is 0 Å². The van der Waals surface area contributed by atoms with Crippen molar-refractivity contribution >= 4 is 29.1 Å². The van der Waals surface area contributed by atoms with Gasteiger partial charge in [0.1, 0.15) is 0 Å². The van der Waals surface area contributed by atoms with E-state index in [1.807, 2.05) is 0 Å². The van der Waals surface area contributed by atoms with Crippen LogP contribution in [-0.4, -0.2) is 33.6 Å². The lowest BCUT2D eigenvalue weighted by Gasteiger charge is -2.33. The predicted molar refractivity (Wildman–Crippen MR) is 107 cm³/mol. The molecule has 1 aromatic carbocycles. The molecule has 3 aliphatic carbocycles. The van der Waals surface area contributed by atoms with Crippen molar-refractivity contribution in [2.24, 2.45) is 29.6 Å². The first-order valence-electron chi connectivity index (χ1n) is 10.9. The molecule has 8 heteroatoms. The molecule has 3 saturated carbocycles. The van der Waals surface area contributed by atoms with Crippen LogP contribution in [0.5, 0.6) is 0 Å². The molecule has 0 unspecified atom stereocenters.